The molecule has 0 spiro atoms. The molecule has 152 valence electrons. The zero-order valence-electron chi connectivity index (χ0n) is 17.0. The fraction of sp³-hybridized carbons (Fsp3) is 0.0833. The third kappa shape index (κ3) is 2.67. The molecule has 7 nitrogen and oxygen atoms in total. The zero-order chi connectivity index (χ0) is 20.9. The van der Waals surface area contributed by atoms with E-state index in [0.717, 1.165) is 66.9 Å². The highest BCUT2D eigenvalue weighted by molar-refractivity contribution is 6.05. The van der Waals surface area contributed by atoms with Crippen LogP contribution >= 0.6 is 0 Å². The predicted molar refractivity (Wildman–Crippen MR) is 122 cm³/mol. The van der Waals surface area contributed by atoms with Crippen molar-refractivity contribution in [1.82, 2.24) is 24.9 Å². The molecular weight excluding hydrogens is 390 g/mol. The highest BCUT2D eigenvalue weighted by Gasteiger charge is 2.16. The molecule has 0 aliphatic heterocycles. The summed E-state index contributed by atoms with van der Waals surface area (Å²) in [5.74, 6) is 1.62. The maximum Gasteiger partial charge on any atom is 0.141 e. The number of aromatic nitrogens is 5. The van der Waals surface area contributed by atoms with E-state index in [1.165, 1.54) is 0 Å². The predicted octanol–water partition coefficient (Wildman–Crippen LogP) is 5.27. The van der Waals surface area contributed by atoms with Crippen LogP contribution in [0.25, 0.3) is 55.4 Å². The first kappa shape index (κ1) is 17.6. The minimum absolute atomic E-state index is 0.787. The molecular formula is C24H19N5O2. The molecule has 7 heteroatoms. The number of H-pyrrole nitrogens is 3. The van der Waals surface area contributed by atoms with Crippen LogP contribution in [0.15, 0.2) is 61.2 Å². The highest BCUT2D eigenvalue weighted by Crippen LogP contribution is 2.37. The average Bonchev–Trinajstić information content (AvgIpc) is 3.53. The fourth-order valence-corrected chi connectivity index (χ4v) is 4.17. The topological polar surface area (TPSA) is 91.6 Å². The van der Waals surface area contributed by atoms with E-state index in [2.05, 4.69) is 31.0 Å². The monoisotopic (exact) mass is 409 g/mol. The van der Waals surface area contributed by atoms with Crippen LogP contribution in [0.3, 0.4) is 0 Å². The lowest BCUT2D eigenvalue weighted by molar-refractivity contribution is 0.415. The van der Waals surface area contributed by atoms with Crippen molar-refractivity contribution in [2.75, 3.05) is 14.2 Å². The average molecular weight is 409 g/mol. The third-order valence-corrected chi connectivity index (χ3v) is 5.75. The number of hydrogen-bond donors (Lipinski definition) is 3. The summed E-state index contributed by atoms with van der Waals surface area (Å²) in [6.45, 7) is 0. The summed E-state index contributed by atoms with van der Waals surface area (Å²) < 4.78 is 10.8. The van der Waals surface area contributed by atoms with Gasteiger partial charge in [0.05, 0.1) is 19.9 Å². The second kappa shape index (κ2) is 6.63. The summed E-state index contributed by atoms with van der Waals surface area (Å²) in [6.07, 6.45) is 5.57. The van der Waals surface area contributed by atoms with Gasteiger partial charge in [-0.05, 0) is 42.5 Å². The summed E-state index contributed by atoms with van der Waals surface area (Å²) in [5, 5.41) is 3.09. The molecule has 31 heavy (non-hydrogen) atoms. The number of aromatic amines is 3. The van der Waals surface area contributed by atoms with E-state index in [9.17, 15) is 0 Å². The van der Waals surface area contributed by atoms with E-state index in [0.29, 0.717) is 0 Å². The van der Waals surface area contributed by atoms with E-state index >= 15 is 0 Å². The van der Waals surface area contributed by atoms with Gasteiger partial charge in [-0.15, -0.1) is 0 Å². The first-order valence-corrected chi connectivity index (χ1v) is 9.90. The van der Waals surface area contributed by atoms with Gasteiger partial charge >= 0.3 is 0 Å². The third-order valence-electron chi connectivity index (χ3n) is 5.75. The van der Waals surface area contributed by atoms with Crippen molar-refractivity contribution in [2.45, 2.75) is 0 Å². The van der Waals surface area contributed by atoms with Crippen molar-refractivity contribution in [3.63, 3.8) is 0 Å². The summed E-state index contributed by atoms with van der Waals surface area (Å²) >= 11 is 0. The Balaban J connectivity index is 1.55. The molecule has 0 saturated heterocycles. The van der Waals surface area contributed by atoms with Crippen LogP contribution in [0.1, 0.15) is 0 Å². The lowest BCUT2D eigenvalue weighted by atomic mass is 10.1. The van der Waals surface area contributed by atoms with E-state index in [1.807, 2.05) is 48.8 Å². The molecule has 0 saturated carbocycles. The van der Waals surface area contributed by atoms with Crippen LogP contribution in [-0.2, 0) is 0 Å². The molecule has 0 amide bonds. The zero-order valence-corrected chi connectivity index (χ0v) is 17.0. The summed E-state index contributed by atoms with van der Waals surface area (Å²) in [7, 11) is 3.35. The van der Waals surface area contributed by atoms with Gasteiger partial charge in [0.25, 0.3) is 0 Å². The Kier molecular flexibility index (Phi) is 3.76. The lowest BCUT2D eigenvalue weighted by Crippen LogP contribution is -1.87. The molecule has 0 aliphatic rings. The molecule has 4 aromatic heterocycles. The Morgan fingerprint density at radius 3 is 2.03 bits per heavy atom. The second-order valence-electron chi connectivity index (χ2n) is 7.40. The summed E-state index contributed by atoms with van der Waals surface area (Å²) in [4.78, 5) is 19.2. The number of nitrogens with zero attached hydrogens (tertiary/aromatic N) is 2. The smallest absolute Gasteiger partial charge is 0.141 e. The normalized spacial score (nSPS) is 11.5. The van der Waals surface area contributed by atoms with E-state index in [-0.39, 0.29) is 0 Å². The number of benzene rings is 2. The quantitative estimate of drug-likeness (QED) is 0.370. The molecule has 0 fully saturated rings. The molecule has 3 N–H and O–H groups in total. The Hall–Kier alpha value is -4.26. The molecule has 0 radical (unpaired) electrons. The Bertz CT molecular complexity index is 1570. The van der Waals surface area contributed by atoms with E-state index in [1.54, 1.807) is 20.5 Å². The van der Waals surface area contributed by atoms with Crippen molar-refractivity contribution >= 4 is 32.8 Å². The van der Waals surface area contributed by atoms with Crippen LogP contribution in [0.2, 0.25) is 0 Å². The van der Waals surface area contributed by atoms with Gasteiger partial charge in [-0.2, -0.15) is 0 Å². The molecule has 0 atom stereocenters. The molecule has 6 rings (SSSR count). The van der Waals surface area contributed by atoms with Crippen molar-refractivity contribution in [3.05, 3.63) is 61.2 Å². The maximum atomic E-state index is 5.42. The number of ether oxygens (including phenoxy) is 2. The van der Waals surface area contributed by atoms with Gasteiger partial charge in [0.15, 0.2) is 0 Å². The molecule has 0 unspecified atom stereocenters. The second-order valence-corrected chi connectivity index (χ2v) is 7.40. The molecule has 6 aromatic rings. The number of methoxy groups -OCH3 is 2. The van der Waals surface area contributed by atoms with Gasteiger partial charge in [-0.1, -0.05) is 0 Å². The largest absolute Gasteiger partial charge is 0.497 e. The lowest BCUT2D eigenvalue weighted by Gasteiger charge is -2.02. The van der Waals surface area contributed by atoms with Crippen molar-refractivity contribution in [3.8, 4) is 34.0 Å². The van der Waals surface area contributed by atoms with Crippen LogP contribution < -0.4 is 9.47 Å². The van der Waals surface area contributed by atoms with Crippen molar-refractivity contribution in [1.29, 1.82) is 0 Å². The first-order valence-electron chi connectivity index (χ1n) is 9.90. The number of nitrogens with one attached hydrogen (secondary N) is 3. The number of hydrogen-bond acceptors (Lipinski definition) is 4. The maximum absolute atomic E-state index is 5.42. The summed E-state index contributed by atoms with van der Waals surface area (Å²) in [6, 6.07) is 14.1. The highest BCUT2D eigenvalue weighted by atomic mass is 16.5. The Labute approximate surface area is 177 Å². The van der Waals surface area contributed by atoms with E-state index in [4.69, 9.17) is 9.47 Å². The summed E-state index contributed by atoms with van der Waals surface area (Å²) in [5.41, 5.74) is 6.75. The van der Waals surface area contributed by atoms with Crippen LogP contribution in [0.5, 0.6) is 11.5 Å². The Morgan fingerprint density at radius 2 is 1.35 bits per heavy atom. The number of rotatable bonds is 4. The van der Waals surface area contributed by atoms with Crippen molar-refractivity contribution < 1.29 is 9.47 Å². The Morgan fingerprint density at radius 1 is 0.710 bits per heavy atom. The standard InChI is InChI=1S/C24H19N5O2/c1-30-13-3-5-20-15(7-13)18(10-25-20)22-9-17-23(27-12-28-24(17)29-22)19-11-26-21-6-4-14(31-2)8-16(19)21/h3-12,25-26H,1-2H3,(H,27,28,29). The first-order chi connectivity index (χ1) is 15.2. The minimum atomic E-state index is 0.787. The number of fused-ring (bicyclic) bond motifs is 3. The van der Waals surface area contributed by atoms with Crippen LogP contribution in [0.4, 0.5) is 0 Å². The minimum Gasteiger partial charge on any atom is -0.497 e. The van der Waals surface area contributed by atoms with Crippen LogP contribution in [0, 0.1) is 0 Å². The van der Waals surface area contributed by atoms with Gasteiger partial charge in [-0.3, -0.25) is 0 Å². The molecule has 0 aliphatic carbocycles. The SMILES string of the molecule is COc1ccc2[nH]cc(-c3cc4c(-c5c[nH]c6ccc(OC)cc56)ncnc4[nH]3)c2c1. The van der Waals surface area contributed by atoms with Gasteiger partial charge in [0, 0.05) is 56.4 Å². The molecule has 2 aromatic carbocycles. The molecule has 0 bridgehead atoms. The van der Waals surface area contributed by atoms with Crippen molar-refractivity contribution in [2.24, 2.45) is 0 Å². The van der Waals surface area contributed by atoms with Gasteiger partial charge in [0.2, 0.25) is 0 Å². The fourth-order valence-electron chi connectivity index (χ4n) is 4.17. The van der Waals surface area contributed by atoms with Crippen LogP contribution in [-0.4, -0.2) is 39.1 Å². The molecule has 4 heterocycles. The van der Waals surface area contributed by atoms with E-state index < -0.39 is 0 Å². The van der Waals surface area contributed by atoms with Gasteiger partial charge in [-0.25, -0.2) is 9.97 Å². The van der Waals surface area contributed by atoms with Gasteiger partial charge in [0.1, 0.15) is 23.5 Å². The van der Waals surface area contributed by atoms with Gasteiger partial charge < -0.3 is 24.4 Å².